The summed E-state index contributed by atoms with van der Waals surface area (Å²) in [5.41, 5.74) is 1.28. The van der Waals surface area contributed by atoms with Gasteiger partial charge in [0.2, 0.25) is 0 Å². The Labute approximate surface area is 206 Å². The van der Waals surface area contributed by atoms with Gasteiger partial charge in [-0.25, -0.2) is 0 Å². The average molecular weight is 471 g/mol. The highest BCUT2D eigenvalue weighted by Crippen LogP contribution is 2.80. The summed E-state index contributed by atoms with van der Waals surface area (Å²) < 4.78 is 12.6. The SMILES string of the molecule is C[C@@H](C[C@@H](O)[C@@H]1OC1(C)C)[C@@H]1CC[C@@]2(C)[C@@]1(C)CC=C1[C@]23O[C@H]3C[C@@H]2C(C)(C)C(=O)CC[C@]12C. The standard InChI is InChI=1S/C30H46O4/c1-17(15-19(31)24-26(4,5)34-24)18-9-14-29(8)28(18,7)13-10-20-27(6)12-11-22(32)25(2,3)21(27)16-23-30(20,29)33-23/h10,17-19,21,23-24,31H,9,11-16H2,1-8H3/t17-,18-,19+,21+,23-,24-,27+,28-,29-,30+/m0/s1. The van der Waals surface area contributed by atoms with E-state index in [4.69, 9.17) is 9.47 Å². The van der Waals surface area contributed by atoms with Crippen molar-refractivity contribution in [2.24, 2.45) is 39.4 Å². The van der Waals surface area contributed by atoms with Gasteiger partial charge in [-0.15, -0.1) is 0 Å². The van der Waals surface area contributed by atoms with E-state index >= 15 is 0 Å². The van der Waals surface area contributed by atoms with Gasteiger partial charge in [0.1, 0.15) is 17.5 Å². The van der Waals surface area contributed by atoms with Crippen molar-refractivity contribution >= 4 is 5.78 Å². The van der Waals surface area contributed by atoms with Crippen LogP contribution in [0, 0.1) is 39.4 Å². The predicted molar refractivity (Wildman–Crippen MR) is 132 cm³/mol. The maximum absolute atomic E-state index is 12.9. The number of ketones is 1. The number of allylic oxidation sites excluding steroid dienone is 1. The molecule has 34 heavy (non-hydrogen) atoms. The van der Waals surface area contributed by atoms with Crippen LogP contribution >= 0.6 is 0 Å². The van der Waals surface area contributed by atoms with E-state index in [2.05, 4.69) is 61.5 Å². The predicted octanol–water partition coefficient (Wildman–Crippen LogP) is 5.86. The van der Waals surface area contributed by atoms with Gasteiger partial charge in [0, 0.05) is 17.3 Å². The van der Waals surface area contributed by atoms with Gasteiger partial charge in [0.25, 0.3) is 0 Å². The van der Waals surface area contributed by atoms with E-state index in [9.17, 15) is 9.90 Å². The lowest BCUT2D eigenvalue weighted by atomic mass is 9.41. The minimum atomic E-state index is -0.380. The van der Waals surface area contributed by atoms with Crippen LogP contribution in [0.25, 0.3) is 0 Å². The van der Waals surface area contributed by atoms with Crippen LogP contribution in [0.2, 0.25) is 0 Å². The molecule has 0 aromatic rings. The Morgan fingerprint density at radius 3 is 2.41 bits per heavy atom. The summed E-state index contributed by atoms with van der Waals surface area (Å²) in [7, 11) is 0. The quantitative estimate of drug-likeness (QED) is 0.413. The van der Waals surface area contributed by atoms with Crippen molar-refractivity contribution in [3.8, 4) is 0 Å². The second kappa shape index (κ2) is 6.58. The highest BCUT2D eigenvalue weighted by Gasteiger charge is 2.81. The lowest BCUT2D eigenvalue weighted by Crippen LogP contribution is -2.61. The maximum Gasteiger partial charge on any atom is 0.138 e. The van der Waals surface area contributed by atoms with Gasteiger partial charge >= 0.3 is 0 Å². The minimum Gasteiger partial charge on any atom is -0.390 e. The monoisotopic (exact) mass is 470 g/mol. The molecule has 2 heterocycles. The fourth-order valence-electron chi connectivity index (χ4n) is 10.4. The molecular formula is C30H46O4. The third-order valence-electron chi connectivity index (χ3n) is 12.7. The van der Waals surface area contributed by atoms with E-state index in [1.165, 1.54) is 12.8 Å². The Morgan fingerprint density at radius 1 is 1.09 bits per heavy atom. The molecule has 0 radical (unpaired) electrons. The van der Waals surface area contributed by atoms with Gasteiger partial charge in [-0.2, -0.15) is 0 Å². The Morgan fingerprint density at radius 2 is 1.76 bits per heavy atom. The van der Waals surface area contributed by atoms with Crippen LogP contribution in [0.1, 0.15) is 100 Å². The minimum absolute atomic E-state index is 0.0178. The zero-order chi connectivity index (χ0) is 24.7. The van der Waals surface area contributed by atoms with Crippen LogP contribution in [0.5, 0.6) is 0 Å². The summed E-state index contributed by atoms with van der Waals surface area (Å²) in [6.45, 7) is 18.4. The molecule has 0 unspecified atom stereocenters. The molecule has 1 N–H and O–H groups in total. The molecule has 6 aliphatic rings. The number of Topliss-reactive ketones (excluding diaryl/α,β-unsaturated/α-hetero) is 1. The van der Waals surface area contributed by atoms with E-state index in [0.29, 0.717) is 30.0 Å². The van der Waals surface area contributed by atoms with Gasteiger partial charge < -0.3 is 14.6 Å². The van der Waals surface area contributed by atoms with Crippen LogP contribution in [0.4, 0.5) is 0 Å². The average Bonchev–Trinajstić information content (AvgIpc) is 3.59. The van der Waals surface area contributed by atoms with Gasteiger partial charge in [0.05, 0.1) is 17.8 Å². The van der Waals surface area contributed by atoms with Crippen LogP contribution in [0.15, 0.2) is 11.6 Å². The topological polar surface area (TPSA) is 62.4 Å². The van der Waals surface area contributed by atoms with E-state index in [1.54, 1.807) is 5.57 Å². The number of ether oxygens (including phenoxy) is 2. The third kappa shape index (κ3) is 2.59. The van der Waals surface area contributed by atoms with E-state index < -0.39 is 0 Å². The Balaban J connectivity index is 1.32. The first-order valence-electron chi connectivity index (χ1n) is 13.9. The van der Waals surface area contributed by atoms with Gasteiger partial charge in [0.15, 0.2) is 0 Å². The summed E-state index contributed by atoms with van der Waals surface area (Å²) >= 11 is 0. The summed E-state index contributed by atoms with van der Waals surface area (Å²) in [5.74, 6) is 1.82. The number of fused-ring (bicyclic) bond motifs is 3. The molecule has 0 amide bonds. The van der Waals surface area contributed by atoms with Crippen molar-refractivity contribution in [1.29, 1.82) is 0 Å². The fourth-order valence-corrected chi connectivity index (χ4v) is 10.4. The lowest BCUT2D eigenvalue weighted by Gasteiger charge is -2.61. The van der Waals surface area contributed by atoms with Crippen molar-refractivity contribution in [1.82, 2.24) is 0 Å². The molecule has 5 fully saturated rings. The number of epoxide rings is 2. The Bertz CT molecular complexity index is 965. The van der Waals surface area contributed by atoms with Crippen molar-refractivity contribution in [2.45, 2.75) is 130 Å². The smallest absolute Gasteiger partial charge is 0.138 e. The number of carbonyl (C=O) groups is 1. The molecule has 1 spiro atoms. The Hall–Kier alpha value is -0.710. The van der Waals surface area contributed by atoms with Crippen LogP contribution in [-0.2, 0) is 14.3 Å². The van der Waals surface area contributed by atoms with Crippen molar-refractivity contribution in [3.63, 3.8) is 0 Å². The molecule has 2 aliphatic heterocycles. The molecule has 3 saturated carbocycles. The number of rotatable bonds is 4. The molecule has 4 aliphatic carbocycles. The molecule has 190 valence electrons. The molecule has 0 bridgehead atoms. The molecule has 10 atom stereocenters. The molecule has 0 aromatic heterocycles. The highest BCUT2D eigenvalue weighted by molar-refractivity contribution is 5.86. The molecule has 2 saturated heterocycles. The zero-order valence-corrected chi connectivity index (χ0v) is 22.7. The second-order valence-electron chi connectivity index (χ2n) is 14.8. The van der Waals surface area contributed by atoms with E-state index in [1.807, 2.05) is 0 Å². The summed E-state index contributed by atoms with van der Waals surface area (Å²) in [6, 6.07) is 0. The largest absolute Gasteiger partial charge is 0.390 e. The summed E-state index contributed by atoms with van der Waals surface area (Å²) in [5, 5.41) is 10.9. The van der Waals surface area contributed by atoms with Crippen molar-refractivity contribution in [2.75, 3.05) is 0 Å². The zero-order valence-electron chi connectivity index (χ0n) is 22.7. The first-order valence-corrected chi connectivity index (χ1v) is 13.9. The van der Waals surface area contributed by atoms with Gasteiger partial charge in [-0.05, 0) is 86.5 Å². The van der Waals surface area contributed by atoms with Crippen molar-refractivity contribution in [3.05, 3.63) is 11.6 Å². The second-order valence-corrected chi connectivity index (χ2v) is 14.8. The summed E-state index contributed by atoms with van der Waals surface area (Å²) in [6.07, 6.45) is 9.42. The van der Waals surface area contributed by atoms with Gasteiger partial charge in [-0.3, -0.25) is 4.79 Å². The van der Waals surface area contributed by atoms with E-state index in [0.717, 1.165) is 25.7 Å². The van der Waals surface area contributed by atoms with Crippen LogP contribution in [0.3, 0.4) is 0 Å². The number of aliphatic hydroxyl groups is 1. The van der Waals surface area contributed by atoms with Crippen molar-refractivity contribution < 1.29 is 19.4 Å². The number of carbonyl (C=O) groups excluding carboxylic acids is 1. The molecule has 4 heteroatoms. The molecular weight excluding hydrogens is 424 g/mol. The summed E-state index contributed by atoms with van der Waals surface area (Å²) in [4.78, 5) is 12.9. The third-order valence-corrected chi connectivity index (χ3v) is 12.7. The molecule has 6 rings (SSSR count). The fraction of sp³-hybridized carbons (Fsp3) is 0.900. The van der Waals surface area contributed by atoms with E-state index in [-0.39, 0.29) is 51.2 Å². The first kappa shape index (κ1) is 23.7. The normalized spacial score (nSPS) is 53.6. The number of hydrogen-bond acceptors (Lipinski definition) is 4. The first-order chi connectivity index (χ1) is 15.7. The molecule has 4 nitrogen and oxygen atoms in total. The lowest BCUT2D eigenvalue weighted by molar-refractivity contribution is -0.140. The highest BCUT2D eigenvalue weighted by atomic mass is 16.6. The maximum atomic E-state index is 12.9. The van der Waals surface area contributed by atoms with Gasteiger partial charge in [-0.1, -0.05) is 47.6 Å². The number of aliphatic hydroxyl groups excluding tert-OH is 1. The van der Waals surface area contributed by atoms with Crippen LogP contribution in [-0.4, -0.2) is 40.4 Å². The number of hydrogen-bond donors (Lipinski definition) is 1. The molecule has 0 aromatic carbocycles. The van der Waals surface area contributed by atoms with Crippen LogP contribution < -0.4 is 0 Å². The Kier molecular flexibility index (Phi) is 4.58.